The van der Waals surface area contributed by atoms with Crippen LogP contribution in [0, 0.1) is 0 Å². The van der Waals surface area contributed by atoms with E-state index in [0.29, 0.717) is 17.7 Å². The van der Waals surface area contributed by atoms with Gasteiger partial charge in [0.1, 0.15) is 0 Å². The maximum atomic E-state index is 13.7. The van der Waals surface area contributed by atoms with Gasteiger partial charge in [-0.1, -0.05) is 30.3 Å². The third kappa shape index (κ3) is 3.18. The Morgan fingerprint density at radius 1 is 1.15 bits per heavy atom. The predicted molar refractivity (Wildman–Crippen MR) is 87.8 cm³/mol. The van der Waals surface area contributed by atoms with E-state index >= 15 is 0 Å². The summed E-state index contributed by atoms with van der Waals surface area (Å²) in [5.74, 6) is 0. The van der Waals surface area contributed by atoms with Gasteiger partial charge in [-0.2, -0.15) is 0 Å². The van der Waals surface area contributed by atoms with Crippen LogP contribution in [0.5, 0.6) is 0 Å². The molecule has 0 saturated carbocycles. The van der Waals surface area contributed by atoms with Crippen molar-refractivity contribution in [1.29, 1.82) is 0 Å². The minimum Gasteiger partial charge on any atom is -0.306 e. The van der Waals surface area contributed by atoms with E-state index in [1.807, 2.05) is 6.07 Å². The Labute approximate surface area is 124 Å². The maximum Gasteiger partial charge on any atom is 0.154 e. The Morgan fingerprint density at radius 2 is 1.75 bits per heavy atom. The van der Waals surface area contributed by atoms with Gasteiger partial charge in [0.25, 0.3) is 0 Å². The first-order valence-electron chi connectivity index (χ1n) is 7.86. The van der Waals surface area contributed by atoms with Gasteiger partial charge in [0.05, 0.1) is 0 Å². The third-order valence-corrected chi connectivity index (χ3v) is 8.59. The molecule has 1 heterocycles. The first kappa shape index (κ1) is 15.8. The predicted octanol–water partition coefficient (Wildman–Crippen LogP) is 4.79. The average molecular weight is 293 g/mol. The van der Waals surface area contributed by atoms with Gasteiger partial charge in [-0.3, -0.25) is 0 Å². The fourth-order valence-corrected chi connectivity index (χ4v) is 8.01. The molecule has 0 N–H and O–H groups in total. The Hall–Kier alpha value is -0.590. The Bertz CT molecular complexity index is 461. The Kier molecular flexibility index (Phi) is 5.09. The van der Waals surface area contributed by atoms with Gasteiger partial charge in [-0.25, -0.2) is 4.67 Å². The second-order valence-corrected chi connectivity index (χ2v) is 9.68. The zero-order valence-corrected chi connectivity index (χ0v) is 14.1. The molecule has 1 fully saturated rings. The molecular weight excluding hydrogens is 265 g/mol. The van der Waals surface area contributed by atoms with Gasteiger partial charge in [0, 0.05) is 23.9 Å². The SMILES string of the molecule is CC(C)N(C(C)C)[P@]1(=O)CCC[C@H]1Cc1ccccc1. The summed E-state index contributed by atoms with van der Waals surface area (Å²) in [7, 11) is -2.23. The van der Waals surface area contributed by atoms with Gasteiger partial charge < -0.3 is 4.57 Å². The molecule has 0 spiro atoms. The van der Waals surface area contributed by atoms with Gasteiger partial charge in [0.2, 0.25) is 0 Å². The summed E-state index contributed by atoms with van der Waals surface area (Å²) in [4.78, 5) is 0. The van der Waals surface area contributed by atoms with Crippen LogP contribution in [0.15, 0.2) is 30.3 Å². The summed E-state index contributed by atoms with van der Waals surface area (Å²) >= 11 is 0. The highest BCUT2D eigenvalue weighted by Gasteiger charge is 2.44. The van der Waals surface area contributed by atoms with E-state index in [2.05, 4.69) is 56.6 Å². The molecule has 1 aliphatic rings. The number of hydrogen-bond acceptors (Lipinski definition) is 1. The lowest BCUT2D eigenvalue weighted by molar-refractivity contribution is 0.297. The zero-order valence-electron chi connectivity index (χ0n) is 13.2. The lowest BCUT2D eigenvalue weighted by atomic mass is 10.1. The molecule has 1 aliphatic heterocycles. The molecule has 0 aliphatic carbocycles. The van der Waals surface area contributed by atoms with E-state index in [0.717, 1.165) is 25.4 Å². The first-order valence-corrected chi connectivity index (χ1v) is 9.78. The van der Waals surface area contributed by atoms with Crippen LogP contribution in [0.1, 0.15) is 46.1 Å². The summed E-state index contributed by atoms with van der Waals surface area (Å²) in [6, 6.07) is 11.3. The quantitative estimate of drug-likeness (QED) is 0.728. The van der Waals surface area contributed by atoms with Crippen molar-refractivity contribution in [2.75, 3.05) is 6.16 Å². The van der Waals surface area contributed by atoms with E-state index in [9.17, 15) is 4.57 Å². The average Bonchev–Trinajstić information content (AvgIpc) is 2.71. The van der Waals surface area contributed by atoms with Gasteiger partial charge in [-0.15, -0.1) is 0 Å². The zero-order chi connectivity index (χ0) is 14.8. The molecule has 2 atom stereocenters. The molecule has 0 unspecified atom stereocenters. The van der Waals surface area contributed by atoms with Crippen LogP contribution in [0.3, 0.4) is 0 Å². The molecule has 1 aromatic carbocycles. The smallest absolute Gasteiger partial charge is 0.154 e. The second kappa shape index (κ2) is 6.45. The highest BCUT2D eigenvalue weighted by molar-refractivity contribution is 7.62. The van der Waals surface area contributed by atoms with E-state index in [1.54, 1.807) is 0 Å². The fourth-order valence-electron chi connectivity index (χ4n) is 3.75. The number of rotatable bonds is 5. The van der Waals surface area contributed by atoms with Crippen molar-refractivity contribution in [1.82, 2.24) is 4.67 Å². The van der Waals surface area contributed by atoms with Gasteiger partial charge in [-0.05, 0) is 52.5 Å². The summed E-state index contributed by atoms with van der Waals surface area (Å²) in [5, 5.41) is 0. The minimum atomic E-state index is -2.23. The van der Waals surface area contributed by atoms with Crippen LogP contribution in [0.4, 0.5) is 0 Å². The minimum absolute atomic E-state index is 0.342. The summed E-state index contributed by atoms with van der Waals surface area (Å²) in [5.41, 5.74) is 1.67. The van der Waals surface area contributed by atoms with Crippen LogP contribution in [0.25, 0.3) is 0 Å². The van der Waals surface area contributed by atoms with E-state index in [1.165, 1.54) is 5.56 Å². The van der Waals surface area contributed by atoms with Crippen LogP contribution < -0.4 is 0 Å². The highest BCUT2D eigenvalue weighted by atomic mass is 31.2. The van der Waals surface area contributed by atoms with E-state index in [-0.39, 0.29) is 0 Å². The summed E-state index contributed by atoms with van der Waals surface area (Å²) < 4.78 is 16.0. The van der Waals surface area contributed by atoms with E-state index < -0.39 is 7.29 Å². The third-order valence-electron chi connectivity index (χ3n) is 4.35. The van der Waals surface area contributed by atoms with Crippen molar-refractivity contribution in [3.63, 3.8) is 0 Å². The van der Waals surface area contributed by atoms with Crippen molar-refractivity contribution < 1.29 is 4.57 Å². The van der Waals surface area contributed by atoms with Crippen molar-refractivity contribution in [3.05, 3.63) is 35.9 Å². The molecule has 0 amide bonds. The van der Waals surface area contributed by atoms with Crippen molar-refractivity contribution in [2.45, 2.75) is 64.7 Å². The monoisotopic (exact) mass is 293 g/mol. The van der Waals surface area contributed by atoms with Crippen LogP contribution in [-0.4, -0.2) is 28.6 Å². The van der Waals surface area contributed by atoms with Gasteiger partial charge in [0.15, 0.2) is 7.29 Å². The normalized spacial score (nSPS) is 26.9. The molecule has 0 aromatic heterocycles. The number of hydrogen-bond donors (Lipinski definition) is 0. The fraction of sp³-hybridized carbons (Fsp3) is 0.647. The summed E-state index contributed by atoms with van der Waals surface area (Å²) in [6.45, 7) is 8.71. The Morgan fingerprint density at radius 3 is 2.30 bits per heavy atom. The van der Waals surface area contributed by atoms with Gasteiger partial charge >= 0.3 is 0 Å². The molecule has 0 radical (unpaired) electrons. The second-order valence-electron chi connectivity index (χ2n) is 6.53. The maximum absolute atomic E-state index is 13.7. The standard InChI is InChI=1S/C17H28NOP/c1-14(2)18(15(3)4)20(19)12-8-11-17(20)13-16-9-6-5-7-10-16/h5-7,9-10,14-15,17H,8,11-13H2,1-4H3/t17-,20-/m0/s1. The van der Waals surface area contributed by atoms with Crippen LogP contribution in [0.2, 0.25) is 0 Å². The van der Waals surface area contributed by atoms with Crippen molar-refractivity contribution >= 4 is 7.29 Å². The topological polar surface area (TPSA) is 20.3 Å². The van der Waals surface area contributed by atoms with Crippen molar-refractivity contribution in [3.8, 4) is 0 Å². The van der Waals surface area contributed by atoms with E-state index in [4.69, 9.17) is 0 Å². The largest absolute Gasteiger partial charge is 0.306 e. The lowest BCUT2D eigenvalue weighted by Crippen LogP contribution is -2.37. The molecule has 0 bridgehead atoms. The molecular formula is C17H28NOP. The molecule has 2 rings (SSSR count). The Balaban J connectivity index is 2.23. The molecule has 3 heteroatoms. The number of benzene rings is 1. The molecule has 2 nitrogen and oxygen atoms in total. The highest BCUT2D eigenvalue weighted by Crippen LogP contribution is 2.63. The van der Waals surface area contributed by atoms with Crippen LogP contribution >= 0.6 is 7.29 Å². The first-order chi connectivity index (χ1) is 9.45. The summed E-state index contributed by atoms with van der Waals surface area (Å²) in [6.07, 6.45) is 4.10. The molecule has 1 saturated heterocycles. The van der Waals surface area contributed by atoms with Crippen LogP contribution in [-0.2, 0) is 11.0 Å². The number of nitrogens with zero attached hydrogens (tertiary/aromatic N) is 1. The van der Waals surface area contributed by atoms with Crippen molar-refractivity contribution in [2.24, 2.45) is 0 Å². The molecule has 20 heavy (non-hydrogen) atoms. The molecule has 1 aromatic rings. The lowest BCUT2D eigenvalue weighted by Gasteiger charge is -2.39. The molecule has 112 valence electrons.